The normalized spacial score (nSPS) is 13.3. The molecular formula is C12H6ClF9O2. The number of esters is 1. The number of halogens is 10. The van der Waals surface area contributed by atoms with Gasteiger partial charge in [-0.25, -0.2) is 18.0 Å². The van der Waals surface area contributed by atoms with E-state index in [1.54, 1.807) is 0 Å². The van der Waals surface area contributed by atoms with Crippen LogP contribution in [0.15, 0.2) is 18.2 Å². The molecule has 0 aliphatic rings. The number of carbonyl (C=O) groups is 1. The highest BCUT2D eigenvalue weighted by Crippen LogP contribution is 2.48. The molecule has 136 valence electrons. The van der Waals surface area contributed by atoms with Crippen LogP contribution in [0.1, 0.15) is 10.4 Å². The fraction of sp³-hybridized carbons (Fsp3) is 0.417. The molecule has 0 saturated carbocycles. The van der Waals surface area contributed by atoms with Crippen molar-refractivity contribution in [3.05, 3.63) is 34.6 Å². The molecule has 0 spiro atoms. The summed E-state index contributed by atoms with van der Waals surface area (Å²) in [7, 11) is 0. The lowest BCUT2D eigenvalue weighted by Crippen LogP contribution is -2.59. The van der Waals surface area contributed by atoms with Crippen LogP contribution in [0.5, 0.6) is 0 Å². The summed E-state index contributed by atoms with van der Waals surface area (Å²) in [6, 6.07) is 2.63. The summed E-state index contributed by atoms with van der Waals surface area (Å²) in [6.45, 7) is -2.69. The average Bonchev–Trinajstić information content (AvgIpc) is 2.47. The quantitative estimate of drug-likeness (QED) is 0.516. The van der Waals surface area contributed by atoms with Gasteiger partial charge in [0.15, 0.2) is 12.4 Å². The Labute approximate surface area is 133 Å². The Morgan fingerprint density at radius 1 is 1.12 bits per heavy atom. The van der Waals surface area contributed by atoms with Gasteiger partial charge in [-0.05, 0) is 12.1 Å². The fourth-order valence-electron chi connectivity index (χ4n) is 1.37. The van der Waals surface area contributed by atoms with Gasteiger partial charge in [0.2, 0.25) is 0 Å². The largest absolute Gasteiger partial charge is 0.455 e. The maximum absolute atomic E-state index is 13.4. The first-order valence-corrected chi connectivity index (χ1v) is 6.16. The Bertz CT molecular complexity index is 619. The molecule has 12 heteroatoms. The molecule has 0 aromatic heterocycles. The van der Waals surface area contributed by atoms with Crippen molar-refractivity contribution in [1.82, 2.24) is 0 Å². The highest BCUT2D eigenvalue weighted by atomic mass is 35.5. The van der Waals surface area contributed by atoms with Crippen molar-refractivity contribution in [2.45, 2.75) is 24.2 Å². The van der Waals surface area contributed by atoms with E-state index in [0.717, 1.165) is 12.1 Å². The SMILES string of the molecule is O=C(OCC(F)(F)C(F)(F)C(F)(F)C(F)F)c1cccc(Cl)c1F. The minimum Gasteiger partial charge on any atom is -0.455 e. The molecule has 0 unspecified atom stereocenters. The summed E-state index contributed by atoms with van der Waals surface area (Å²) in [4.78, 5) is 11.3. The molecule has 1 aromatic carbocycles. The topological polar surface area (TPSA) is 26.3 Å². The van der Waals surface area contributed by atoms with E-state index in [1.807, 2.05) is 0 Å². The number of carbonyl (C=O) groups excluding carboxylic acids is 1. The Kier molecular flexibility index (Phi) is 5.69. The highest BCUT2D eigenvalue weighted by molar-refractivity contribution is 6.31. The molecule has 24 heavy (non-hydrogen) atoms. The number of hydrogen-bond donors (Lipinski definition) is 0. The summed E-state index contributed by atoms with van der Waals surface area (Å²) in [5.74, 6) is -22.1. The maximum Gasteiger partial charge on any atom is 0.381 e. The van der Waals surface area contributed by atoms with Gasteiger partial charge < -0.3 is 4.74 Å². The van der Waals surface area contributed by atoms with Crippen LogP contribution in [-0.4, -0.2) is 36.8 Å². The summed E-state index contributed by atoms with van der Waals surface area (Å²) in [5, 5.41) is -0.634. The molecule has 1 rings (SSSR count). The van der Waals surface area contributed by atoms with Crippen LogP contribution >= 0.6 is 11.6 Å². The van der Waals surface area contributed by atoms with Crippen molar-refractivity contribution in [3.8, 4) is 0 Å². The lowest BCUT2D eigenvalue weighted by Gasteiger charge is -2.31. The zero-order chi connectivity index (χ0) is 18.9. The van der Waals surface area contributed by atoms with E-state index in [1.165, 1.54) is 0 Å². The second-order valence-corrected chi connectivity index (χ2v) is 4.79. The van der Waals surface area contributed by atoms with Gasteiger partial charge in [0, 0.05) is 0 Å². The van der Waals surface area contributed by atoms with Crippen LogP contribution < -0.4 is 0 Å². The van der Waals surface area contributed by atoms with E-state index in [2.05, 4.69) is 4.74 Å². The molecule has 1 aromatic rings. The third-order valence-electron chi connectivity index (χ3n) is 2.71. The van der Waals surface area contributed by atoms with E-state index in [9.17, 15) is 44.3 Å². The summed E-state index contributed by atoms with van der Waals surface area (Å²) in [5.41, 5.74) is -1.04. The van der Waals surface area contributed by atoms with Crippen LogP contribution in [0.4, 0.5) is 39.5 Å². The van der Waals surface area contributed by atoms with Crippen molar-refractivity contribution in [2.24, 2.45) is 0 Å². The molecule has 0 amide bonds. The monoisotopic (exact) mass is 388 g/mol. The predicted octanol–water partition coefficient (Wildman–Crippen LogP) is 4.81. The predicted molar refractivity (Wildman–Crippen MR) is 62.5 cm³/mol. The number of ether oxygens (including phenoxy) is 1. The average molecular weight is 389 g/mol. The first kappa shape index (κ1) is 20.4. The molecule has 2 nitrogen and oxygen atoms in total. The van der Waals surface area contributed by atoms with Gasteiger partial charge >= 0.3 is 30.2 Å². The van der Waals surface area contributed by atoms with Crippen molar-refractivity contribution >= 4 is 17.6 Å². The summed E-state index contributed by atoms with van der Waals surface area (Å²) < 4.78 is 118. The number of benzene rings is 1. The lowest BCUT2D eigenvalue weighted by atomic mass is 10.1. The second-order valence-electron chi connectivity index (χ2n) is 4.38. The van der Waals surface area contributed by atoms with Gasteiger partial charge in [0.1, 0.15) is 0 Å². The number of hydrogen-bond acceptors (Lipinski definition) is 2. The first-order valence-electron chi connectivity index (χ1n) is 5.78. The van der Waals surface area contributed by atoms with E-state index in [0.29, 0.717) is 6.07 Å². The molecule has 0 aliphatic heterocycles. The third kappa shape index (κ3) is 3.55. The van der Waals surface area contributed by atoms with Gasteiger partial charge in [0.05, 0.1) is 10.6 Å². The van der Waals surface area contributed by atoms with E-state index < -0.39 is 53.2 Å². The van der Waals surface area contributed by atoms with E-state index >= 15 is 0 Å². The molecule has 0 radical (unpaired) electrons. The Balaban J connectivity index is 2.96. The summed E-state index contributed by atoms with van der Waals surface area (Å²) >= 11 is 5.28. The zero-order valence-corrected chi connectivity index (χ0v) is 11.9. The van der Waals surface area contributed by atoms with Crippen LogP contribution in [0, 0.1) is 5.82 Å². The first-order chi connectivity index (χ1) is 10.8. The standard InChI is InChI=1S/C12H6ClF9O2/c13-6-3-1-2-5(7(6)14)8(23)24-4-10(17,18)12(21,22)11(19,20)9(15)16/h1-3,9H,4H2. The van der Waals surface area contributed by atoms with Crippen molar-refractivity contribution in [2.75, 3.05) is 6.61 Å². The van der Waals surface area contributed by atoms with Gasteiger partial charge in [-0.3, -0.25) is 0 Å². The van der Waals surface area contributed by atoms with Crippen molar-refractivity contribution in [3.63, 3.8) is 0 Å². The molecule has 0 aliphatic carbocycles. The molecule has 0 heterocycles. The second kappa shape index (κ2) is 6.69. The smallest absolute Gasteiger partial charge is 0.381 e. The number of alkyl halides is 8. The number of rotatable bonds is 6. The minimum absolute atomic E-state index is 0.634. The fourth-order valence-corrected chi connectivity index (χ4v) is 1.54. The molecule has 0 atom stereocenters. The molecular weight excluding hydrogens is 383 g/mol. The third-order valence-corrected chi connectivity index (χ3v) is 3.00. The van der Waals surface area contributed by atoms with Crippen LogP contribution in [0.3, 0.4) is 0 Å². The Morgan fingerprint density at radius 3 is 2.17 bits per heavy atom. The van der Waals surface area contributed by atoms with Gasteiger partial charge in [-0.1, -0.05) is 17.7 Å². The molecule has 0 bridgehead atoms. The molecule has 0 saturated heterocycles. The van der Waals surface area contributed by atoms with Crippen molar-refractivity contribution in [1.29, 1.82) is 0 Å². The van der Waals surface area contributed by atoms with Crippen molar-refractivity contribution < 1.29 is 49.0 Å². The van der Waals surface area contributed by atoms with Crippen LogP contribution in [-0.2, 0) is 4.74 Å². The Morgan fingerprint density at radius 2 is 1.67 bits per heavy atom. The van der Waals surface area contributed by atoms with Gasteiger partial charge in [-0.2, -0.15) is 26.3 Å². The van der Waals surface area contributed by atoms with Crippen LogP contribution in [0.25, 0.3) is 0 Å². The Hall–Kier alpha value is -1.65. The van der Waals surface area contributed by atoms with E-state index in [-0.39, 0.29) is 0 Å². The lowest BCUT2D eigenvalue weighted by molar-refractivity contribution is -0.343. The zero-order valence-electron chi connectivity index (χ0n) is 11.1. The molecule has 0 N–H and O–H groups in total. The molecule has 0 fully saturated rings. The van der Waals surface area contributed by atoms with Gasteiger partial charge in [-0.15, -0.1) is 0 Å². The highest BCUT2D eigenvalue weighted by Gasteiger charge is 2.75. The van der Waals surface area contributed by atoms with Crippen LogP contribution in [0.2, 0.25) is 5.02 Å². The maximum atomic E-state index is 13.4. The minimum atomic E-state index is -6.53. The summed E-state index contributed by atoms with van der Waals surface area (Å²) in [6.07, 6.45) is -5.10. The van der Waals surface area contributed by atoms with E-state index in [4.69, 9.17) is 11.6 Å². The van der Waals surface area contributed by atoms with Gasteiger partial charge in [0.25, 0.3) is 0 Å².